The van der Waals surface area contributed by atoms with Crippen LogP contribution in [0.1, 0.15) is 11.3 Å². The number of rotatable bonds is 2. The van der Waals surface area contributed by atoms with Gasteiger partial charge in [0, 0.05) is 0 Å². The first-order chi connectivity index (χ1) is 8.49. The number of aryl methyl sites for hydroxylation is 1. The molecule has 1 aromatic heterocycles. The zero-order valence-electron chi connectivity index (χ0n) is 9.45. The van der Waals surface area contributed by atoms with Crippen molar-refractivity contribution in [3.63, 3.8) is 0 Å². The van der Waals surface area contributed by atoms with Crippen LogP contribution in [0.25, 0.3) is 0 Å². The summed E-state index contributed by atoms with van der Waals surface area (Å²) in [4.78, 5) is 15.9. The van der Waals surface area contributed by atoms with Gasteiger partial charge in [0.15, 0.2) is 11.6 Å². The summed E-state index contributed by atoms with van der Waals surface area (Å²) in [5.74, 6) is -1.84. The first-order valence-electron chi connectivity index (χ1n) is 5.14. The summed E-state index contributed by atoms with van der Waals surface area (Å²) in [6.45, 7) is 1.84. The SMILES string of the molecule is Cc1ncn(Cc2ccc(F)c(F)c2)c(=O)c1Br. The van der Waals surface area contributed by atoms with Gasteiger partial charge in [-0.1, -0.05) is 6.07 Å². The van der Waals surface area contributed by atoms with E-state index in [1.807, 2.05) is 0 Å². The molecule has 2 rings (SSSR count). The summed E-state index contributed by atoms with van der Waals surface area (Å²) in [5.41, 5.74) is 0.822. The maximum Gasteiger partial charge on any atom is 0.268 e. The van der Waals surface area contributed by atoms with Crippen molar-refractivity contribution in [1.82, 2.24) is 9.55 Å². The van der Waals surface area contributed by atoms with Gasteiger partial charge in [-0.15, -0.1) is 0 Å². The maximum atomic E-state index is 13.0. The van der Waals surface area contributed by atoms with Gasteiger partial charge in [0.1, 0.15) is 4.47 Å². The van der Waals surface area contributed by atoms with E-state index in [1.54, 1.807) is 6.92 Å². The third-order valence-electron chi connectivity index (χ3n) is 2.49. The molecule has 0 amide bonds. The summed E-state index contributed by atoms with van der Waals surface area (Å²) in [7, 11) is 0. The van der Waals surface area contributed by atoms with E-state index in [0.717, 1.165) is 12.1 Å². The first-order valence-corrected chi connectivity index (χ1v) is 5.94. The number of benzene rings is 1. The highest BCUT2D eigenvalue weighted by atomic mass is 79.9. The monoisotopic (exact) mass is 314 g/mol. The number of hydrogen-bond acceptors (Lipinski definition) is 2. The van der Waals surface area contributed by atoms with Crippen LogP contribution in [0.3, 0.4) is 0 Å². The Kier molecular flexibility index (Phi) is 3.56. The Morgan fingerprint density at radius 3 is 2.72 bits per heavy atom. The van der Waals surface area contributed by atoms with Crippen LogP contribution in [0, 0.1) is 18.6 Å². The highest BCUT2D eigenvalue weighted by Crippen LogP contribution is 2.11. The van der Waals surface area contributed by atoms with Crippen molar-refractivity contribution >= 4 is 15.9 Å². The molecule has 0 radical (unpaired) electrons. The molecule has 0 aliphatic rings. The minimum Gasteiger partial charge on any atom is -0.294 e. The van der Waals surface area contributed by atoms with Crippen molar-refractivity contribution in [2.75, 3.05) is 0 Å². The van der Waals surface area contributed by atoms with Crippen LogP contribution in [0.2, 0.25) is 0 Å². The standard InChI is InChI=1S/C12H9BrF2N2O/c1-7-11(13)12(18)17(6-16-7)5-8-2-3-9(14)10(15)4-8/h2-4,6H,5H2,1H3. The summed E-state index contributed by atoms with van der Waals surface area (Å²) in [5, 5.41) is 0. The molecule has 0 saturated carbocycles. The Bertz CT molecular complexity index is 655. The van der Waals surface area contributed by atoms with Crippen molar-refractivity contribution in [3.05, 3.63) is 62.2 Å². The van der Waals surface area contributed by atoms with E-state index in [0.29, 0.717) is 15.7 Å². The van der Waals surface area contributed by atoms with Crippen LogP contribution in [-0.4, -0.2) is 9.55 Å². The van der Waals surface area contributed by atoms with Gasteiger partial charge in [-0.05, 0) is 40.5 Å². The molecule has 1 aromatic carbocycles. The molecule has 0 unspecified atom stereocenters. The highest BCUT2D eigenvalue weighted by Gasteiger charge is 2.07. The van der Waals surface area contributed by atoms with Crippen LogP contribution in [0.15, 0.2) is 33.8 Å². The van der Waals surface area contributed by atoms with Gasteiger partial charge in [0.25, 0.3) is 5.56 Å². The fraction of sp³-hybridized carbons (Fsp3) is 0.167. The fourth-order valence-electron chi connectivity index (χ4n) is 1.49. The average Bonchev–Trinajstić information content (AvgIpc) is 2.34. The third kappa shape index (κ3) is 2.48. The van der Waals surface area contributed by atoms with Gasteiger partial charge >= 0.3 is 0 Å². The summed E-state index contributed by atoms with van der Waals surface area (Å²) in [6, 6.07) is 3.53. The molecule has 2 aromatic rings. The largest absolute Gasteiger partial charge is 0.294 e. The quantitative estimate of drug-likeness (QED) is 0.854. The first kappa shape index (κ1) is 12.9. The Hall–Kier alpha value is -1.56. The lowest BCUT2D eigenvalue weighted by Gasteiger charge is -2.07. The molecule has 3 nitrogen and oxygen atoms in total. The Balaban J connectivity index is 2.37. The van der Waals surface area contributed by atoms with Crippen LogP contribution >= 0.6 is 15.9 Å². The maximum absolute atomic E-state index is 13.0. The van der Waals surface area contributed by atoms with Crippen molar-refractivity contribution in [1.29, 1.82) is 0 Å². The molecule has 0 atom stereocenters. The minimum atomic E-state index is -0.931. The number of nitrogens with zero attached hydrogens (tertiary/aromatic N) is 2. The summed E-state index contributed by atoms with van der Waals surface area (Å²) >= 11 is 3.14. The molecule has 18 heavy (non-hydrogen) atoms. The van der Waals surface area contributed by atoms with Gasteiger partial charge < -0.3 is 0 Å². The lowest BCUT2D eigenvalue weighted by atomic mass is 10.2. The van der Waals surface area contributed by atoms with Gasteiger partial charge in [0.05, 0.1) is 18.6 Å². The molecule has 94 valence electrons. The highest BCUT2D eigenvalue weighted by molar-refractivity contribution is 9.10. The lowest BCUT2D eigenvalue weighted by Crippen LogP contribution is -2.22. The van der Waals surface area contributed by atoms with Crippen molar-refractivity contribution in [2.24, 2.45) is 0 Å². The zero-order valence-corrected chi connectivity index (χ0v) is 11.0. The molecule has 1 heterocycles. The summed E-state index contributed by atoms with van der Waals surface area (Å²) in [6.07, 6.45) is 1.38. The smallest absolute Gasteiger partial charge is 0.268 e. The predicted octanol–water partition coefficient (Wildman–Crippen LogP) is 2.64. The molecule has 0 aliphatic carbocycles. The van der Waals surface area contributed by atoms with E-state index >= 15 is 0 Å². The molecular formula is C12H9BrF2N2O. The Morgan fingerprint density at radius 1 is 1.33 bits per heavy atom. The van der Waals surface area contributed by atoms with E-state index in [-0.39, 0.29) is 12.1 Å². The van der Waals surface area contributed by atoms with Crippen LogP contribution in [0.4, 0.5) is 8.78 Å². The van der Waals surface area contributed by atoms with Gasteiger partial charge in [-0.3, -0.25) is 9.36 Å². The van der Waals surface area contributed by atoms with E-state index in [2.05, 4.69) is 20.9 Å². The average molecular weight is 315 g/mol. The normalized spacial score (nSPS) is 10.7. The molecule has 0 N–H and O–H groups in total. The van der Waals surface area contributed by atoms with E-state index in [9.17, 15) is 13.6 Å². The third-order valence-corrected chi connectivity index (χ3v) is 3.41. The van der Waals surface area contributed by atoms with Crippen LogP contribution in [0.5, 0.6) is 0 Å². The molecule has 6 heteroatoms. The Morgan fingerprint density at radius 2 is 2.06 bits per heavy atom. The van der Waals surface area contributed by atoms with E-state index < -0.39 is 11.6 Å². The number of aromatic nitrogens is 2. The lowest BCUT2D eigenvalue weighted by molar-refractivity contribution is 0.506. The van der Waals surface area contributed by atoms with Crippen molar-refractivity contribution in [3.8, 4) is 0 Å². The van der Waals surface area contributed by atoms with Gasteiger partial charge in [-0.25, -0.2) is 13.8 Å². The van der Waals surface area contributed by atoms with Gasteiger partial charge in [-0.2, -0.15) is 0 Å². The molecule has 0 aliphatic heterocycles. The molecular weight excluding hydrogens is 306 g/mol. The topological polar surface area (TPSA) is 34.9 Å². The van der Waals surface area contributed by atoms with E-state index in [1.165, 1.54) is 17.0 Å². The van der Waals surface area contributed by atoms with Crippen molar-refractivity contribution in [2.45, 2.75) is 13.5 Å². The van der Waals surface area contributed by atoms with Crippen LogP contribution < -0.4 is 5.56 Å². The number of hydrogen-bond donors (Lipinski definition) is 0. The zero-order chi connectivity index (χ0) is 13.3. The van der Waals surface area contributed by atoms with Gasteiger partial charge in [0.2, 0.25) is 0 Å². The Labute approximate surface area is 110 Å². The second kappa shape index (κ2) is 4.97. The summed E-state index contributed by atoms with van der Waals surface area (Å²) < 4.78 is 27.5. The second-order valence-corrected chi connectivity index (χ2v) is 4.62. The van der Waals surface area contributed by atoms with Crippen molar-refractivity contribution < 1.29 is 8.78 Å². The second-order valence-electron chi connectivity index (χ2n) is 3.83. The molecule has 0 fully saturated rings. The van der Waals surface area contributed by atoms with Crippen LogP contribution in [-0.2, 0) is 6.54 Å². The molecule has 0 bridgehead atoms. The molecule has 0 spiro atoms. The number of halogens is 3. The molecule has 0 saturated heterocycles. The van der Waals surface area contributed by atoms with E-state index in [4.69, 9.17) is 0 Å². The fourth-order valence-corrected chi connectivity index (χ4v) is 1.82. The minimum absolute atomic E-state index is 0.141. The predicted molar refractivity (Wildman–Crippen MR) is 66.4 cm³/mol.